The van der Waals surface area contributed by atoms with Gasteiger partial charge in [0.1, 0.15) is 18.3 Å². The van der Waals surface area contributed by atoms with Crippen molar-refractivity contribution < 1.29 is 22.7 Å². The summed E-state index contributed by atoms with van der Waals surface area (Å²) in [5.41, 5.74) is 1.49. The lowest BCUT2D eigenvalue weighted by Gasteiger charge is -2.33. The average molecular weight is 552 g/mol. The van der Waals surface area contributed by atoms with E-state index in [1.165, 1.54) is 24.1 Å². The number of rotatable bonds is 10. The summed E-state index contributed by atoms with van der Waals surface area (Å²) < 4.78 is 34.2. The summed E-state index contributed by atoms with van der Waals surface area (Å²) in [6.07, 6.45) is 0. The van der Waals surface area contributed by atoms with Crippen molar-refractivity contribution in [2.75, 3.05) is 18.0 Å². The van der Waals surface area contributed by atoms with E-state index in [-0.39, 0.29) is 23.0 Å². The number of carbonyl (C=O) groups is 2. The maximum absolute atomic E-state index is 13.9. The standard InChI is InChI=1S/C30H37N3O5S/c1-22-15-17-27(18-16-22)39(36,37)33(25-13-10-14-26(19-25)38-6)21-28(34)32(20-24-11-8-7-9-12-24)23(2)29(35)31-30(3,4)5/h7-19,23H,20-21H2,1-6H3,(H,31,35). The van der Waals surface area contributed by atoms with Crippen LogP contribution in [0.25, 0.3) is 0 Å². The molecule has 0 aromatic heterocycles. The Morgan fingerprint density at radius 3 is 2.18 bits per heavy atom. The Labute approximate surface area is 231 Å². The lowest BCUT2D eigenvalue weighted by molar-refractivity contribution is -0.140. The van der Waals surface area contributed by atoms with Crippen LogP contribution in [0.3, 0.4) is 0 Å². The van der Waals surface area contributed by atoms with E-state index in [0.717, 1.165) is 15.4 Å². The van der Waals surface area contributed by atoms with E-state index in [2.05, 4.69) is 5.32 Å². The third-order valence-electron chi connectivity index (χ3n) is 6.09. The molecule has 2 amide bonds. The van der Waals surface area contributed by atoms with Gasteiger partial charge in [-0.2, -0.15) is 0 Å². The number of anilines is 1. The van der Waals surface area contributed by atoms with Gasteiger partial charge in [-0.15, -0.1) is 0 Å². The minimum absolute atomic E-state index is 0.0526. The zero-order valence-corrected chi connectivity index (χ0v) is 24.2. The van der Waals surface area contributed by atoms with Gasteiger partial charge in [-0.25, -0.2) is 8.42 Å². The fourth-order valence-electron chi connectivity index (χ4n) is 3.97. The largest absolute Gasteiger partial charge is 0.497 e. The predicted molar refractivity (Wildman–Crippen MR) is 153 cm³/mol. The lowest BCUT2D eigenvalue weighted by Crippen LogP contribution is -2.54. The fourth-order valence-corrected chi connectivity index (χ4v) is 5.37. The lowest BCUT2D eigenvalue weighted by atomic mass is 10.1. The molecule has 0 heterocycles. The molecule has 0 saturated carbocycles. The van der Waals surface area contributed by atoms with Crippen LogP contribution in [0, 0.1) is 6.92 Å². The summed E-state index contributed by atoms with van der Waals surface area (Å²) >= 11 is 0. The smallest absolute Gasteiger partial charge is 0.264 e. The number of benzene rings is 3. The van der Waals surface area contributed by atoms with Gasteiger partial charge in [-0.05, 0) is 64.4 Å². The third-order valence-corrected chi connectivity index (χ3v) is 7.88. The quantitative estimate of drug-likeness (QED) is 0.399. The number of nitrogens with zero attached hydrogens (tertiary/aromatic N) is 2. The van der Waals surface area contributed by atoms with Crippen molar-refractivity contribution in [2.24, 2.45) is 0 Å². The molecule has 208 valence electrons. The van der Waals surface area contributed by atoms with Crippen molar-refractivity contribution in [1.82, 2.24) is 10.2 Å². The predicted octanol–water partition coefficient (Wildman–Crippen LogP) is 4.53. The summed E-state index contributed by atoms with van der Waals surface area (Å²) in [4.78, 5) is 28.5. The molecule has 0 spiro atoms. The second-order valence-electron chi connectivity index (χ2n) is 10.4. The summed E-state index contributed by atoms with van der Waals surface area (Å²) in [6.45, 7) is 8.72. The molecule has 0 bridgehead atoms. The molecule has 1 atom stereocenters. The van der Waals surface area contributed by atoms with Crippen molar-refractivity contribution in [3.8, 4) is 5.75 Å². The first kappa shape index (κ1) is 29.7. The highest BCUT2D eigenvalue weighted by molar-refractivity contribution is 7.92. The van der Waals surface area contributed by atoms with E-state index >= 15 is 0 Å². The van der Waals surface area contributed by atoms with Crippen LogP contribution in [-0.4, -0.2) is 50.4 Å². The molecule has 8 nitrogen and oxygen atoms in total. The van der Waals surface area contributed by atoms with Gasteiger partial charge in [0, 0.05) is 18.2 Å². The molecule has 0 aliphatic heterocycles. The highest BCUT2D eigenvalue weighted by Crippen LogP contribution is 2.28. The molecule has 3 aromatic carbocycles. The minimum atomic E-state index is -4.14. The zero-order chi connectivity index (χ0) is 28.8. The molecular weight excluding hydrogens is 514 g/mol. The first-order valence-corrected chi connectivity index (χ1v) is 14.1. The van der Waals surface area contributed by atoms with E-state index in [1.54, 1.807) is 43.3 Å². The molecule has 3 aromatic rings. The fraction of sp³-hybridized carbons (Fsp3) is 0.333. The number of nitrogens with one attached hydrogen (secondary N) is 1. The van der Waals surface area contributed by atoms with Crippen molar-refractivity contribution >= 4 is 27.5 Å². The van der Waals surface area contributed by atoms with Gasteiger partial charge in [0.15, 0.2) is 0 Å². The van der Waals surface area contributed by atoms with Gasteiger partial charge in [0.25, 0.3) is 10.0 Å². The van der Waals surface area contributed by atoms with Crippen LogP contribution in [-0.2, 0) is 26.2 Å². The number of carbonyl (C=O) groups excluding carboxylic acids is 2. The molecule has 0 saturated heterocycles. The number of hydrogen-bond acceptors (Lipinski definition) is 5. The summed E-state index contributed by atoms with van der Waals surface area (Å²) in [7, 11) is -2.66. The van der Waals surface area contributed by atoms with E-state index in [4.69, 9.17) is 4.74 Å². The van der Waals surface area contributed by atoms with Crippen LogP contribution in [0.2, 0.25) is 0 Å². The number of amides is 2. The second-order valence-corrected chi connectivity index (χ2v) is 12.3. The van der Waals surface area contributed by atoms with Crippen molar-refractivity contribution in [3.05, 3.63) is 90.0 Å². The highest BCUT2D eigenvalue weighted by atomic mass is 32.2. The second kappa shape index (κ2) is 12.3. The first-order valence-electron chi connectivity index (χ1n) is 12.7. The number of hydrogen-bond donors (Lipinski definition) is 1. The van der Waals surface area contributed by atoms with Gasteiger partial charge < -0.3 is 15.0 Å². The van der Waals surface area contributed by atoms with E-state index < -0.39 is 34.1 Å². The molecule has 9 heteroatoms. The average Bonchev–Trinajstić information content (AvgIpc) is 2.89. The van der Waals surface area contributed by atoms with Gasteiger partial charge in [-0.3, -0.25) is 13.9 Å². The Morgan fingerprint density at radius 1 is 0.949 bits per heavy atom. The topological polar surface area (TPSA) is 96.0 Å². The SMILES string of the molecule is COc1cccc(N(CC(=O)N(Cc2ccccc2)C(C)C(=O)NC(C)(C)C)S(=O)(=O)c2ccc(C)cc2)c1. The summed E-state index contributed by atoms with van der Waals surface area (Å²) in [5, 5.41) is 2.92. The molecule has 1 unspecified atom stereocenters. The van der Waals surface area contributed by atoms with Crippen LogP contribution >= 0.6 is 0 Å². The van der Waals surface area contributed by atoms with Gasteiger partial charge in [0.05, 0.1) is 17.7 Å². The van der Waals surface area contributed by atoms with Crippen molar-refractivity contribution in [1.29, 1.82) is 0 Å². The van der Waals surface area contributed by atoms with Gasteiger partial charge in [0.2, 0.25) is 11.8 Å². The Kier molecular flexibility index (Phi) is 9.40. The monoisotopic (exact) mass is 551 g/mol. The van der Waals surface area contributed by atoms with Crippen LogP contribution in [0.1, 0.15) is 38.8 Å². The third kappa shape index (κ3) is 7.83. The first-order chi connectivity index (χ1) is 18.3. The normalized spacial score (nSPS) is 12.4. The molecule has 39 heavy (non-hydrogen) atoms. The van der Waals surface area contributed by atoms with E-state index in [1.807, 2.05) is 58.0 Å². The molecule has 1 N–H and O–H groups in total. The summed E-state index contributed by atoms with van der Waals surface area (Å²) in [6, 6.07) is 21.4. The summed E-state index contributed by atoms with van der Waals surface area (Å²) in [5.74, 6) is -0.404. The van der Waals surface area contributed by atoms with Crippen LogP contribution in [0.4, 0.5) is 5.69 Å². The number of ether oxygens (including phenoxy) is 1. The van der Waals surface area contributed by atoms with Gasteiger partial charge in [-0.1, -0.05) is 54.1 Å². The zero-order valence-electron chi connectivity index (χ0n) is 23.3. The highest BCUT2D eigenvalue weighted by Gasteiger charge is 2.33. The molecular formula is C30H37N3O5S. The van der Waals surface area contributed by atoms with Gasteiger partial charge >= 0.3 is 0 Å². The molecule has 0 aliphatic carbocycles. The van der Waals surface area contributed by atoms with Crippen molar-refractivity contribution in [3.63, 3.8) is 0 Å². The Morgan fingerprint density at radius 2 is 1.59 bits per heavy atom. The number of methoxy groups -OCH3 is 1. The maximum atomic E-state index is 13.9. The van der Waals surface area contributed by atoms with Crippen LogP contribution in [0.15, 0.2) is 83.8 Å². The van der Waals surface area contributed by atoms with Crippen LogP contribution in [0.5, 0.6) is 5.75 Å². The minimum Gasteiger partial charge on any atom is -0.497 e. The molecule has 3 rings (SSSR count). The Hall–Kier alpha value is -3.85. The van der Waals surface area contributed by atoms with Crippen molar-refractivity contribution in [2.45, 2.75) is 57.6 Å². The van der Waals surface area contributed by atoms with E-state index in [9.17, 15) is 18.0 Å². The molecule has 0 radical (unpaired) electrons. The van der Waals surface area contributed by atoms with Crippen LogP contribution < -0.4 is 14.4 Å². The molecule has 0 aliphatic rings. The maximum Gasteiger partial charge on any atom is 0.264 e. The Balaban J connectivity index is 2.04. The number of sulfonamides is 1. The number of aryl methyl sites for hydroxylation is 1. The van der Waals surface area contributed by atoms with E-state index in [0.29, 0.717) is 5.75 Å². The Bertz CT molecular complexity index is 1380. The molecule has 0 fully saturated rings.